The number of aromatic hydroxyl groups is 1. The van der Waals surface area contributed by atoms with Crippen molar-refractivity contribution < 1.29 is 9.90 Å². The molecule has 1 fully saturated rings. The molecule has 0 spiro atoms. The summed E-state index contributed by atoms with van der Waals surface area (Å²) in [4.78, 5) is 23.5. The molecule has 2 N–H and O–H groups in total. The zero-order valence-corrected chi connectivity index (χ0v) is 17.9. The summed E-state index contributed by atoms with van der Waals surface area (Å²) in [7, 11) is 1.88. The average molecular weight is 405 g/mol. The van der Waals surface area contributed by atoms with Gasteiger partial charge in [0, 0.05) is 49.9 Å². The highest BCUT2D eigenvalue weighted by molar-refractivity contribution is 6.04. The van der Waals surface area contributed by atoms with Crippen molar-refractivity contribution in [2.24, 2.45) is 4.99 Å². The maximum Gasteiger partial charge on any atom is 0.219 e. The van der Waals surface area contributed by atoms with Crippen molar-refractivity contribution in [1.29, 1.82) is 0 Å². The fourth-order valence-electron chi connectivity index (χ4n) is 4.32. The van der Waals surface area contributed by atoms with Crippen LogP contribution in [0.2, 0.25) is 0 Å². The van der Waals surface area contributed by atoms with Gasteiger partial charge >= 0.3 is 0 Å². The Morgan fingerprint density at radius 2 is 2.07 bits per heavy atom. The van der Waals surface area contributed by atoms with Crippen LogP contribution >= 0.6 is 0 Å². The van der Waals surface area contributed by atoms with E-state index < -0.39 is 0 Å². The number of benzene rings is 2. The lowest BCUT2D eigenvalue weighted by atomic mass is 10.1. The predicted octanol–water partition coefficient (Wildman–Crippen LogP) is 4.30. The van der Waals surface area contributed by atoms with E-state index in [0.717, 1.165) is 47.2 Å². The van der Waals surface area contributed by atoms with Crippen LogP contribution < -0.4 is 4.90 Å². The number of hydrogen-bond acceptors (Lipinski definition) is 4. The third-order valence-corrected chi connectivity index (χ3v) is 6.12. The van der Waals surface area contributed by atoms with Crippen LogP contribution in [0.25, 0.3) is 10.9 Å². The van der Waals surface area contributed by atoms with E-state index in [1.165, 1.54) is 5.69 Å². The number of aryl methyl sites for hydroxylation is 2. The van der Waals surface area contributed by atoms with Gasteiger partial charge in [0.2, 0.25) is 5.91 Å². The summed E-state index contributed by atoms with van der Waals surface area (Å²) < 4.78 is 0. The normalized spacial score (nSPS) is 16.7. The Labute approximate surface area is 176 Å². The Morgan fingerprint density at radius 3 is 2.80 bits per heavy atom. The number of carbonyl (C=O) groups is 1. The van der Waals surface area contributed by atoms with Crippen LogP contribution in [0.4, 0.5) is 11.4 Å². The quantitative estimate of drug-likeness (QED) is 0.637. The number of rotatable bonds is 4. The Kier molecular flexibility index (Phi) is 5.24. The molecule has 2 aromatic carbocycles. The maximum absolute atomic E-state index is 11.7. The standard InChI is InChI=1S/C24H28N4O2/c1-15-6-5-7-21-23(15)20(24(30)26-21)13-25-18-8-9-22(16(2)12-18)28-11-10-19(14-28)27(4)17(3)29/h5-9,12-13,19,26,30H,10-11,14H2,1-4H3. The molecule has 4 rings (SSSR count). The topological polar surface area (TPSA) is 71.9 Å². The van der Waals surface area contributed by atoms with Crippen molar-refractivity contribution in [2.45, 2.75) is 33.2 Å². The molecule has 1 aliphatic rings. The molecule has 1 amide bonds. The average Bonchev–Trinajstić information content (AvgIpc) is 3.31. The van der Waals surface area contributed by atoms with E-state index >= 15 is 0 Å². The van der Waals surface area contributed by atoms with Gasteiger partial charge in [-0.1, -0.05) is 12.1 Å². The number of amides is 1. The summed E-state index contributed by atoms with van der Waals surface area (Å²) in [6.45, 7) is 7.52. The zero-order chi connectivity index (χ0) is 21.4. The molecule has 156 valence electrons. The van der Waals surface area contributed by atoms with Crippen LogP contribution in [-0.2, 0) is 4.79 Å². The number of likely N-dealkylation sites (N-methyl/N-ethyl adjacent to an activating group) is 1. The van der Waals surface area contributed by atoms with E-state index in [9.17, 15) is 9.90 Å². The van der Waals surface area contributed by atoms with Gasteiger partial charge in [-0.15, -0.1) is 0 Å². The number of carbonyl (C=O) groups excluding carboxylic acids is 1. The summed E-state index contributed by atoms with van der Waals surface area (Å²) in [5.41, 5.74) is 5.87. The summed E-state index contributed by atoms with van der Waals surface area (Å²) in [6.07, 6.45) is 2.71. The molecular weight excluding hydrogens is 376 g/mol. The minimum atomic E-state index is 0.110. The van der Waals surface area contributed by atoms with Gasteiger partial charge in [-0.2, -0.15) is 0 Å². The van der Waals surface area contributed by atoms with E-state index in [0.29, 0.717) is 5.56 Å². The molecular formula is C24H28N4O2. The lowest BCUT2D eigenvalue weighted by Crippen LogP contribution is -2.37. The second-order valence-corrected chi connectivity index (χ2v) is 8.13. The molecule has 6 heteroatoms. The van der Waals surface area contributed by atoms with Crippen molar-refractivity contribution in [3.63, 3.8) is 0 Å². The lowest BCUT2D eigenvalue weighted by Gasteiger charge is -2.25. The Bertz CT molecular complexity index is 1130. The highest BCUT2D eigenvalue weighted by Gasteiger charge is 2.27. The van der Waals surface area contributed by atoms with Crippen molar-refractivity contribution in [3.8, 4) is 5.88 Å². The number of aromatic amines is 1. The molecule has 1 atom stereocenters. The first kappa shape index (κ1) is 20.0. The van der Waals surface area contributed by atoms with E-state index in [1.807, 2.05) is 43.1 Å². The fraction of sp³-hybridized carbons (Fsp3) is 0.333. The third kappa shape index (κ3) is 3.65. The summed E-state index contributed by atoms with van der Waals surface area (Å²) in [5, 5.41) is 11.3. The van der Waals surface area contributed by atoms with Crippen LogP contribution in [0.1, 0.15) is 30.0 Å². The number of aliphatic imine (C=N–C) groups is 1. The third-order valence-electron chi connectivity index (χ3n) is 6.12. The van der Waals surface area contributed by atoms with Crippen molar-refractivity contribution >= 4 is 34.4 Å². The largest absolute Gasteiger partial charge is 0.494 e. The minimum absolute atomic E-state index is 0.110. The van der Waals surface area contributed by atoms with Gasteiger partial charge < -0.3 is 19.9 Å². The first-order valence-corrected chi connectivity index (χ1v) is 10.3. The molecule has 1 aliphatic heterocycles. The van der Waals surface area contributed by atoms with Crippen LogP contribution in [0.5, 0.6) is 5.88 Å². The van der Waals surface area contributed by atoms with Crippen LogP contribution in [-0.4, -0.2) is 53.3 Å². The molecule has 1 unspecified atom stereocenters. The zero-order valence-electron chi connectivity index (χ0n) is 17.9. The van der Waals surface area contributed by atoms with Gasteiger partial charge in [-0.25, -0.2) is 0 Å². The number of nitrogens with zero attached hydrogens (tertiary/aromatic N) is 3. The number of H-pyrrole nitrogens is 1. The first-order valence-electron chi connectivity index (χ1n) is 10.3. The number of nitrogens with one attached hydrogen (secondary N) is 1. The Hall–Kier alpha value is -3.28. The smallest absolute Gasteiger partial charge is 0.219 e. The van der Waals surface area contributed by atoms with Gasteiger partial charge in [0.05, 0.1) is 17.3 Å². The second kappa shape index (κ2) is 7.86. The van der Waals surface area contributed by atoms with Crippen LogP contribution in [0.15, 0.2) is 41.4 Å². The van der Waals surface area contributed by atoms with Gasteiger partial charge in [0.25, 0.3) is 0 Å². The molecule has 0 bridgehead atoms. The molecule has 0 aliphatic carbocycles. The van der Waals surface area contributed by atoms with E-state index in [-0.39, 0.29) is 17.8 Å². The molecule has 2 heterocycles. The van der Waals surface area contributed by atoms with Gasteiger partial charge in [0.15, 0.2) is 5.88 Å². The Morgan fingerprint density at radius 1 is 1.27 bits per heavy atom. The molecule has 1 aromatic heterocycles. The predicted molar refractivity (Wildman–Crippen MR) is 122 cm³/mol. The van der Waals surface area contributed by atoms with Gasteiger partial charge in [0.1, 0.15) is 0 Å². The van der Waals surface area contributed by atoms with Crippen LogP contribution in [0.3, 0.4) is 0 Å². The molecule has 1 saturated heterocycles. The second-order valence-electron chi connectivity index (χ2n) is 8.13. The Balaban J connectivity index is 1.55. The number of fused-ring (bicyclic) bond motifs is 1. The van der Waals surface area contributed by atoms with Crippen molar-refractivity contribution in [2.75, 3.05) is 25.0 Å². The SMILES string of the molecule is CC(=O)N(C)C1CCN(c2ccc(N=Cc3c(O)[nH]c4cccc(C)c34)cc2C)C1. The van der Waals surface area contributed by atoms with Crippen molar-refractivity contribution in [3.05, 3.63) is 53.1 Å². The lowest BCUT2D eigenvalue weighted by molar-refractivity contribution is -0.129. The first-order chi connectivity index (χ1) is 14.3. The summed E-state index contributed by atoms with van der Waals surface area (Å²) >= 11 is 0. The molecule has 3 aromatic rings. The summed E-state index contributed by atoms with van der Waals surface area (Å²) in [5.74, 6) is 0.244. The minimum Gasteiger partial charge on any atom is -0.494 e. The van der Waals surface area contributed by atoms with Crippen LogP contribution in [0, 0.1) is 13.8 Å². The maximum atomic E-state index is 11.7. The van der Waals surface area contributed by atoms with E-state index in [4.69, 9.17) is 0 Å². The number of aromatic nitrogens is 1. The highest BCUT2D eigenvalue weighted by Crippen LogP contribution is 2.31. The van der Waals surface area contributed by atoms with Gasteiger partial charge in [-0.3, -0.25) is 9.79 Å². The van der Waals surface area contributed by atoms with E-state index in [2.05, 4.69) is 33.9 Å². The monoisotopic (exact) mass is 404 g/mol. The highest BCUT2D eigenvalue weighted by atomic mass is 16.3. The molecule has 6 nitrogen and oxygen atoms in total. The molecule has 30 heavy (non-hydrogen) atoms. The number of anilines is 1. The number of hydrogen-bond donors (Lipinski definition) is 2. The van der Waals surface area contributed by atoms with Crippen molar-refractivity contribution in [1.82, 2.24) is 9.88 Å². The molecule has 0 saturated carbocycles. The van der Waals surface area contributed by atoms with Gasteiger partial charge in [-0.05, 0) is 55.7 Å². The van der Waals surface area contributed by atoms with E-state index in [1.54, 1.807) is 13.1 Å². The fourth-order valence-corrected chi connectivity index (χ4v) is 4.32. The molecule has 0 radical (unpaired) electrons. The summed E-state index contributed by atoms with van der Waals surface area (Å²) in [6, 6.07) is 12.4.